The van der Waals surface area contributed by atoms with E-state index in [0.717, 1.165) is 12.8 Å². The molecular weight excluding hydrogens is 273 g/mol. The van der Waals surface area contributed by atoms with Crippen LogP contribution in [0, 0.1) is 11.2 Å². The van der Waals surface area contributed by atoms with Crippen molar-refractivity contribution < 1.29 is 18.7 Å². The maximum atomic E-state index is 13.7. The zero-order chi connectivity index (χ0) is 14.9. The number of furan rings is 1. The fourth-order valence-corrected chi connectivity index (χ4v) is 2.19. The molecule has 0 spiro atoms. The Labute approximate surface area is 121 Å². The topological polar surface area (TPSA) is 62.5 Å². The molecule has 5 heteroatoms. The van der Waals surface area contributed by atoms with Gasteiger partial charge in [0.15, 0.2) is 5.76 Å². The number of aliphatic hydroxyl groups is 1. The average Bonchev–Trinajstić information content (AvgIpc) is 3.12. The van der Waals surface area contributed by atoms with Crippen LogP contribution < -0.4 is 5.32 Å². The van der Waals surface area contributed by atoms with Crippen LogP contribution in [0.15, 0.2) is 40.8 Å². The molecular formula is C16H16FNO3. The van der Waals surface area contributed by atoms with Gasteiger partial charge in [-0.3, -0.25) is 4.79 Å². The summed E-state index contributed by atoms with van der Waals surface area (Å²) in [7, 11) is 0. The minimum atomic E-state index is -0.393. The Morgan fingerprint density at radius 3 is 2.71 bits per heavy atom. The first-order chi connectivity index (χ1) is 10.1. The maximum absolute atomic E-state index is 13.7. The van der Waals surface area contributed by atoms with Gasteiger partial charge >= 0.3 is 0 Å². The van der Waals surface area contributed by atoms with Crippen LogP contribution in [0.2, 0.25) is 0 Å². The summed E-state index contributed by atoms with van der Waals surface area (Å²) < 4.78 is 19.1. The summed E-state index contributed by atoms with van der Waals surface area (Å²) >= 11 is 0. The summed E-state index contributed by atoms with van der Waals surface area (Å²) in [5.41, 5.74) is 0.168. The van der Waals surface area contributed by atoms with E-state index >= 15 is 0 Å². The Morgan fingerprint density at radius 1 is 1.29 bits per heavy atom. The number of nitrogens with one attached hydrogen (secondary N) is 1. The smallest absolute Gasteiger partial charge is 0.287 e. The Hall–Kier alpha value is -2.14. The van der Waals surface area contributed by atoms with Crippen LogP contribution >= 0.6 is 0 Å². The quantitative estimate of drug-likeness (QED) is 0.889. The van der Waals surface area contributed by atoms with Crippen LogP contribution in [0.3, 0.4) is 0 Å². The van der Waals surface area contributed by atoms with E-state index < -0.39 is 5.82 Å². The molecule has 1 fully saturated rings. The first-order valence-electron chi connectivity index (χ1n) is 6.87. The molecule has 1 aliphatic rings. The van der Waals surface area contributed by atoms with Crippen LogP contribution in [0.5, 0.6) is 0 Å². The molecule has 1 amide bonds. The second-order valence-corrected chi connectivity index (χ2v) is 5.48. The molecule has 4 nitrogen and oxygen atoms in total. The highest BCUT2D eigenvalue weighted by Gasteiger charge is 2.42. The fourth-order valence-electron chi connectivity index (χ4n) is 2.19. The first kappa shape index (κ1) is 13.8. The van der Waals surface area contributed by atoms with Gasteiger partial charge in [0.1, 0.15) is 11.6 Å². The van der Waals surface area contributed by atoms with Crippen LogP contribution in [0.1, 0.15) is 23.4 Å². The van der Waals surface area contributed by atoms with Crippen molar-refractivity contribution in [2.75, 3.05) is 13.2 Å². The van der Waals surface area contributed by atoms with Gasteiger partial charge in [0, 0.05) is 12.0 Å². The lowest BCUT2D eigenvalue weighted by molar-refractivity contribution is 0.0908. The number of hydrogen-bond acceptors (Lipinski definition) is 3. The van der Waals surface area contributed by atoms with Crippen LogP contribution in [0.25, 0.3) is 11.3 Å². The van der Waals surface area contributed by atoms with Gasteiger partial charge in [-0.25, -0.2) is 4.39 Å². The average molecular weight is 289 g/mol. The summed E-state index contributed by atoms with van der Waals surface area (Å²) in [4.78, 5) is 12.0. The first-order valence-corrected chi connectivity index (χ1v) is 6.87. The van der Waals surface area contributed by atoms with Crippen LogP contribution in [-0.4, -0.2) is 24.2 Å². The van der Waals surface area contributed by atoms with E-state index in [-0.39, 0.29) is 23.7 Å². The monoisotopic (exact) mass is 289 g/mol. The van der Waals surface area contributed by atoms with Crippen molar-refractivity contribution in [3.8, 4) is 11.3 Å². The number of benzene rings is 1. The van der Waals surface area contributed by atoms with E-state index in [9.17, 15) is 14.3 Å². The summed E-state index contributed by atoms with van der Waals surface area (Å²) in [5, 5.41) is 12.0. The second kappa shape index (κ2) is 5.33. The zero-order valence-corrected chi connectivity index (χ0v) is 11.4. The molecule has 1 saturated carbocycles. The zero-order valence-electron chi connectivity index (χ0n) is 11.4. The molecule has 21 heavy (non-hydrogen) atoms. The summed E-state index contributed by atoms with van der Waals surface area (Å²) in [5.74, 6) is -0.281. The van der Waals surface area contributed by atoms with Crippen molar-refractivity contribution >= 4 is 5.91 Å². The molecule has 0 radical (unpaired) electrons. The van der Waals surface area contributed by atoms with E-state index in [2.05, 4.69) is 5.32 Å². The molecule has 0 saturated heterocycles. The van der Waals surface area contributed by atoms with Crippen LogP contribution in [-0.2, 0) is 0 Å². The number of halogens is 1. The highest BCUT2D eigenvalue weighted by atomic mass is 19.1. The van der Waals surface area contributed by atoms with Crippen molar-refractivity contribution in [3.05, 3.63) is 48.0 Å². The van der Waals surface area contributed by atoms with E-state index in [1.165, 1.54) is 12.1 Å². The van der Waals surface area contributed by atoms with Crippen LogP contribution in [0.4, 0.5) is 4.39 Å². The molecule has 1 aromatic carbocycles. The molecule has 1 aromatic heterocycles. The highest BCUT2D eigenvalue weighted by molar-refractivity contribution is 5.92. The van der Waals surface area contributed by atoms with Crippen molar-refractivity contribution in [3.63, 3.8) is 0 Å². The third kappa shape index (κ3) is 2.83. The molecule has 1 heterocycles. The molecule has 1 aliphatic carbocycles. The molecule has 110 valence electrons. The number of aliphatic hydroxyl groups excluding tert-OH is 1. The van der Waals surface area contributed by atoms with Crippen molar-refractivity contribution in [1.29, 1.82) is 0 Å². The predicted molar refractivity (Wildman–Crippen MR) is 75.2 cm³/mol. The van der Waals surface area contributed by atoms with Crippen molar-refractivity contribution in [2.24, 2.45) is 5.41 Å². The largest absolute Gasteiger partial charge is 0.451 e. The summed E-state index contributed by atoms with van der Waals surface area (Å²) in [6, 6.07) is 9.34. The number of amides is 1. The maximum Gasteiger partial charge on any atom is 0.287 e. The van der Waals surface area contributed by atoms with Gasteiger partial charge in [-0.15, -0.1) is 0 Å². The minimum absolute atomic E-state index is 0.0753. The van der Waals surface area contributed by atoms with Crippen molar-refractivity contribution in [1.82, 2.24) is 5.32 Å². The fraction of sp³-hybridized carbons (Fsp3) is 0.312. The third-order valence-corrected chi connectivity index (χ3v) is 3.89. The number of carbonyl (C=O) groups is 1. The predicted octanol–water partition coefficient (Wildman–Crippen LogP) is 2.59. The summed E-state index contributed by atoms with van der Waals surface area (Å²) in [6.07, 6.45) is 1.84. The van der Waals surface area contributed by atoms with Gasteiger partial charge < -0.3 is 14.8 Å². The van der Waals surface area contributed by atoms with Crippen molar-refractivity contribution in [2.45, 2.75) is 12.8 Å². The van der Waals surface area contributed by atoms with E-state index in [0.29, 0.717) is 17.9 Å². The normalized spacial score (nSPS) is 15.7. The number of rotatable bonds is 5. The van der Waals surface area contributed by atoms with Gasteiger partial charge in [-0.1, -0.05) is 12.1 Å². The standard InChI is InChI=1S/C16H16FNO3/c17-12-4-2-1-3-11(12)13-5-6-14(21-13)15(20)18-9-16(10-19)7-8-16/h1-6,19H,7-10H2,(H,18,20). The lowest BCUT2D eigenvalue weighted by Crippen LogP contribution is -2.31. The molecule has 2 N–H and O–H groups in total. The lowest BCUT2D eigenvalue weighted by atomic mass is 10.1. The molecule has 2 aromatic rings. The molecule has 0 bridgehead atoms. The molecule has 0 aliphatic heterocycles. The van der Waals surface area contributed by atoms with E-state index in [1.54, 1.807) is 24.3 Å². The Balaban J connectivity index is 1.70. The Bertz CT molecular complexity index is 661. The van der Waals surface area contributed by atoms with E-state index in [4.69, 9.17) is 4.42 Å². The Morgan fingerprint density at radius 2 is 2.05 bits per heavy atom. The van der Waals surface area contributed by atoms with Gasteiger partial charge in [-0.05, 0) is 37.1 Å². The van der Waals surface area contributed by atoms with Gasteiger partial charge in [-0.2, -0.15) is 0 Å². The number of carbonyl (C=O) groups excluding carboxylic acids is 1. The highest BCUT2D eigenvalue weighted by Crippen LogP contribution is 2.44. The SMILES string of the molecule is O=C(NCC1(CO)CC1)c1ccc(-c2ccccc2F)o1. The minimum Gasteiger partial charge on any atom is -0.451 e. The summed E-state index contributed by atoms with van der Waals surface area (Å²) in [6.45, 7) is 0.504. The number of hydrogen-bond donors (Lipinski definition) is 2. The second-order valence-electron chi connectivity index (χ2n) is 5.48. The van der Waals surface area contributed by atoms with Gasteiger partial charge in [0.05, 0.1) is 12.2 Å². The third-order valence-electron chi connectivity index (χ3n) is 3.89. The Kier molecular flexibility index (Phi) is 3.51. The molecule has 0 unspecified atom stereocenters. The van der Waals surface area contributed by atoms with Gasteiger partial charge in [0.25, 0.3) is 5.91 Å². The molecule has 0 atom stereocenters. The van der Waals surface area contributed by atoms with E-state index in [1.807, 2.05) is 0 Å². The lowest BCUT2D eigenvalue weighted by Gasteiger charge is -2.11. The molecule has 3 rings (SSSR count). The van der Waals surface area contributed by atoms with Gasteiger partial charge in [0.2, 0.25) is 0 Å².